The molecule has 0 saturated heterocycles. The number of hydrogen-bond acceptors (Lipinski definition) is 2. The van der Waals surface area contributed by atoms with Crippen LogP contribution in [-0.2, 0) is 0 Å². The highest BCUT2D eigenvalue weighted by atomic mass is 35.5. The first kappa shape index (κ1) is 17.6. The van der Waals surface area contributed by atoms with Gasteiger partial charge in [-0.3, -0.25) is 4.79 Å². The zero-order chi connectivity index (χ0) is 18.2. The van der Waals surface area contributed by atoms with Crippen molar-refractivity contribution >= 4 is 29.3 Å². The van der Waals surface area contributed by atoms with Gasteiger partial charge in [-0.25, -0.2) is 5.43 Å². The number of nitrogens with zero attached hydrogens (tertiary/aromatic N) is 1. The molecule has 0 heterocycles. The number of hydrazone groups is 1. The first-order chi connectivity index (χ1) is 12.7. The summed E-state index contributed by atoms with van der Waals surface area (Å²) in [6, 6.07) is 26.3. The molecule has 4 heteroatoms. The second-order valence-electron chi connectivity index (χ2n) is 5.55. The molecule has 3 nitrogen and oxygen atoms in total. The largest absolute Gasteiger partial charge is 0.271 e. The Hall–Kier alpha value is -3.17. The number of nitrogens with one attached hydrogen (secondary N) is 1. The van der Waals surface area contributed by atoms with Crippen molar-refractivity contribution in [1.82, 2.24) is 5.43 Å². The van der Waals surface area contributed by atoms with Crippen molar-refractivity contribution in [1.29, 1.82) is 0 Å². The van der Waals surface area contributed by atoms with E-state index in [9.17, 15) is 4.79 Å². The van der Waals surface area contributed by atoms with E-state index in [1.165, 1.54) is 0 Å². The maximum Gasteiger partial charge on any atom is 0.271 e. The maximum atomic E-state index is 12.3. The Kier molecular flexibility index (Phi) is 5.96. The third-order valence-corrected chi connectivity index (χ3v) is 3.94. The van der Waals surface area contributed by atoms with E-state index in [0.29, 0.717) is 16.3 Å². The van der Waals surface area contributed by atoms with Crippen LogP contribution >= 0.6 is 11.6 Å². The zero-order valence-electron chi connectivity index (χ0n) is 14.0. The zero-order valence-corrected chi connectivity index (χ0v) is 14.7. The van der Waals surface area contributed by atoms with Crippen molar-refractivity contribution in [3.63, 3.8) is 0 Å². The average Bonchev–Trinajstić information content (AvgIpc) is 2.70. The maximum absolute atomic E-state index is 12.3. The van der Waals surface area contributed by atoms with Crippen molar-refractivity contribution in [2.24, 2.45) is 5.10 Å². The summed E-state index contributed by atoms with van der Waals surface area (Å²) in [6.45, 7) is 0. The van der Waals surface area contributed by atoms with Crippen LogP contribution in [0.15, 0.2) is 96.1 Å². The van der Waals surface area contributed by atoms with E-state index < -0.39 is 0 Å². The van der Waals surface area contributed by atoms with Crippen LogP contribution < -0.4 is 5.43 Å². The molecule has 26 heavy (non-hydrogen) atoms. The molecule has 0 fully saturated rings. The van der Waals surface area contributed by atoms with Crippen molar-refractivity contribution in [3.8, 4) is 0 Å². The molecular formula is C22H17ClN2O. The highest BCUT2D eigenvalue weighted by Crippen LogP contribution is 2.10. The van der Waals surface area contributed by atoms with Crippen molar-refractivity contribution in [2.75, 3.05) is 0 Å². The van der Waals surface area contributed by atoms with Gasteiger partial charge in [0.1, 0.15) is 0 Å². The molecule has 0 aliphatic rings. The molecule has 1 amide bonds. The predicted molar refractivity (Wildman–Crippen MR) is 107 cm³/mol. The molecule has 0 atom stereocenters. The molecule has 0 spiro atoms. The number of halogens is 1. The number of amides is 1. The number of allylic oxidation sites excluding steroid dienone is 1. The van der Waals surface area contributed by atoms with Crippen LogP contribution in [0.2, 0.25) is 5.02 Å². The van der Waals surface area contributed by atoms with Crippen LogP contribution in [0.1, 0.15) is 21.5 Å². The van der Waals surface area contributed by atoms with Crippen LogP contribution in [0.5, 0.6) is 0 Å². The minimum atomic E-state index is -0.289. The lowest BCUT2D eigenvalue weighted by Crippen LogP contribution is -2.19. The average molecular weight is 361 g/mol. The second kappa shape index (κ2) is 8.79. The molecule has 0 aliphatic carbocycles. The van der Waals surface area contributed by atoms with Gasteiger partial charge in [-0.1, -0.05) is 78.3 Å². The van der Waals surface area contributed by atoms with Crippen molar-refractivity contribution in [3.05, 3.63) is 113 Å². The SMILES string of the molecule is O=C(N/N=C(/C=C\c1ccccc1)c1ccccc1)c1ccc(Cl)cc1. The Morgan fingerprint density at radius 2 is 1.42 bits per heavy atom. The van der Waals surface area contributed by atoms with Crippen molar-refractivity contribution in [2.45, 2.75) is 0 Å². The minimum absolute atomic E-state index is 0.289. The molecule has 0 saturated carbocycles. The molecule has 3 aromatic carbocycles. The quantitative estimate of drug-likeness (QED) is 0.494. The van der Waals surface area contributed by atoms with Crippen LogP contribution in [0.25, 0.3) is 6.08 Å². The van der Waals surface area contributed by atoms with Gasteiger partial charge in [0.05, 0.1) is 5.71 Å². The monoisotopic (exact) mass is 360 g/mol. The highest BCUT2D eigenvalue weighted by Gasteiger charge is 2.05. The Morgan fingerprint density at radius 3 is 2.08 bits per heavy atom. The lowest BCUT2D eigenvalue weighted by atomic mass is 10.1. The summed E-state index contributed by atoms with van der Waals surface area (Å²) in [5, 5.41) is 4.89. The molecule has 1 N–H and O–H groups in total. The first-order valence-corrected chi connectivity index (χ1v) is 8.52. The Balaban J connectivity index is 1.83. The van der Waals surface area contributed by atoms with E-state index in [4.69, 9.17) is 11.6 Å². The summed E-state index contributed by atoms with van der Waals surface area (Å²) in [6.07, 6.45) is 3.84. The smallest absolute Gasteiger partial charge is 0.267 e. The minimum Gasteiger partial charge on any atom is -0.267 e. The van der Waals surface area contributed by atoms with Crippen LogP contribution in [-0.4, -0.2) is 11.6 Å². The molecule has 128 valence electrons. The van der Waals surface area contributed by atoms with Gasteiger partial charge in [0, 0.05) is 16.1 Å². The topological polar surface area (TPSA) is 41.5 Å². The molecule has 0 aliphatic heterocycles. The second-order valence-corrected chi connectivity index (χ2v) is 5.99. The summed E-state index contributed by atoms with van der Waals surface area (Å²) >= 11 is 5.85. The molecule has 0 unspecified atom stereocenters. The van der Waals surface area contributed by atoms with Crippen molar-refractivity contribution < 1.29 is 4.79 Å². The highest BCUT2D eigenvalue weighted by molar-refractivity contribution is 6.30. The van der Waals surface area contributed by atoms with E-state index in [1.54, 1.807) is 24.3 Å². The number of carbonyl (C=O) groups excluding carboxylic acids is 1. The third-order valence-electron chi connectivity index (χ3n) is 3.69. The summed E-state index contributed by atoms with van der Waals surface area (Å²) < 4.78 is 0. The Morgan fingerprint density at radius 1 is 0.808 bits per heavy atom. The normalized spacial score (nSPS) is 11.5. The fraction of sp³-hybridized carbons (Fsp3) is 0. The van der Waals surface area contributed by atoms with Crippen LogP contribution in [0.4, 0.5) is 0 Å². The number of rotatable bonds is 5. The standard InChI is InChI=1S/C22H17ClN2O/c23-20-14-12-19(13-15-20)22(26)25-24-21(18-9-5-2-6-10-18)16-11-17-7-3-1-4-8-17/h1-16H,(H,25,26)/b16-11-,24-21-. The molecule has 0 radical (unpaired) electrons. The number of carbonyl (C=O) groups is 1. The van der Waals surface area contributed by atoms with E-state index in [-0.39, 0.29) is 5.91 Å². The summed E-state index contributed by atoms with van der Waals surface area (Å²) in [5.41, 5.74) is 5.74. The van der Waals surface area contributed by atoms with Gasteiger partial charge < -0.3 is 0 Å². The van der Waals surface area contributed by atoms with E-state index >= 15 is 0 Å². The first-order valence-electron chi connectivity index (χ1n) is 8.14. The van der Waals surface area contributed by atoms with Gasteiger partial charge in [-0.2, -0.15) is 5.10 Å². The van der Waals surface area contributed by atoms with Gasteiger partial charge in [0.2, 0.25) is 0 Å². The Labute approximate surface area is 157 Å². The lowest BCUT2D eigenvalue weighted by molar-refractivity contribution is 0.0955. The van der Waals surface area contributed by atoms with Gasteiger partial charge in [-0.15, -0.1) is 0 Å². The number of benzene rings is 3. The predicted octanol–water partition coefficient (Wildman–Crippen LogP) is 5.19. The van der Waals surface area contributed by atoms with Gasteiger partial charge >= 0.3 is 0 Å². The van der Waals surface area contributed by atoms with E-state index in [0.717, 1.165) is 11.1 Å². The summed E-state index contributed by atoms with van der Waals surface area (Å²) in [4.78, 5) is 12.3. The summed E-state index contributed by atoms with van der Waals surface area (Å²) in [7, 11) is 0. The van der Waals surface area contributed by atoms with E-state index in [1.807, 2.05) is 72.8 Å². The number of hydrogen-bond donors (Lipinski definition) is 1. The molecule has 0 bridgehead atoms. The fourth-order valence-electron chi connectivity index (χ4n) is 2.32. The fourth-order valence-corrected chi connectivity index (χ4v) is 2.45. The van der Waals surface area contributed by atoms with Crippen LogP contribution in [0.3, 0.4) is 0 Å². The molecule has 3 aromatic rings. The van der Waals surface area contributed by atoms with Gasteiger partial charge in [-0.05, 0) is 35.9 Å². The summed E-state index contributed by atoms with van der Waals surface area (Å²) in [5.74, 6) is -0.289. The Bertz CT molecular complexity index is 917. The lowest BCUT2D eigenvalue weighted by Gasteiger charge is -2.04. The molecular weight excluding hydrogens is 344 g/mol. The molecule has 0 aromatic heterocycles. The van der Waals surface area contributed by atoms with Gasteiger partial charge in [0.15, 0.2) is 0 Å². The van der Waals surface area contributed by atoms with E-state index in [2.05, 4.69) is 10.5 Å². The van der Waals surface area contributed by atoms with Crippen LogP contribution in [0, 0.1) is 0 Å². The molecule has 3 rings (SSSR count). The van der Waals surface area contributed by atoms with Gasteiger partial charge in [0.25, 0.3) is 5.91 Å². The third kappa shape index (κ3) is 4.91.